The monoisotopic (exact) mass is 358 g/mol. The zero-order valence-corrected chi connectivity index (χ0v) is 13.9. The van der Waals surface area contributed by atoms with Crippen LogP contribution in [0.4, 0.5) is 13.2 Å². The minimum atomic E-state index is -1.19. The number of nitrogens with zero attached hydrogens (tertiary/aromatic N) is 3. The molecule has 0 saturated heterocycles. The van der Waals surface area contributed by atoms with E-state index in [9.17, 15) is 13.2 Å². The fourth-order valence-corrected chi connectivity index (χ4v) is 3.90. The van der Waals surface area contributed by atoms with Crippen LogP contribution in [0.5, 0.6) is 0 Å². The van der Waals surface area contributed by atoms with Crippen LogP contribution < -0.4 is 5.73 Å². The van der Waals surface area contributed by atoms with Gasteiger partial charge >= 0.3 is 0 Å². The average Bonchev–Trinajstić information content (AvgIpc) is 3.40. The summed E-state index contributed by atoms with van der Waals surface area (Å²) in [7, 11) is 0. The highest BCUT2D eigenvalue weighted by Crippen LogP contribution is 2.40. The molecule has 7 heteroatoms. The number of aromatic nitrogens is 3. The maximum absolute atomic E-state index is 14.2. The van der Waals surface area contributed by atoms with Crippen molar-refractivity contribution in [1.29, 1.82) is 0 Å². The summed E-state index contributed by atoms with van der Waals surface area (Å²) in [6.07, 6.45) is 4.47. The quantitative estimate of drug-likeness (QED) is 0.715. The maximum atomic E-state index is 14.2. The molecule has 3 aromatic rings. The first-order chi connectivity index (χ1) is 12.5. The molecule has 2 N–H and O–H groups in total. The van der Waals surface area contributed by atoms with E-state index in [1.807, 2.05) is 4.57 Å². The minimum Gasteiger partial charge on any atom is -0.326 e. The average molecular weight is 358 g/mol. The highest BCUT2D eigenvalue weighted by atomic mass is 19.2. The topological polar surface area (TPSA) is 56.7 Å². The van der Waals surface area contributed by atoms with Gasteiger partial charge in [-0.1, -0.05) is 0 Å². The SMILES string of the molecule is N[C@H]1Cn2c(nc3cnc(C4CC4)cc32)C[C@@H]1c1cc(F)c(F)cc1F. The highest BCUT2D eigenvalue weighted by Gasteiger charge is 2.33. The van der Waals surface area contributed by atoms with Crippen molar-refractivity contribution in [1.82, 2.24) is 14.5 Å². The second-order valence-electron chi connectivity index (χ2n) is 7.27. The van der Waals surface area contributed by atoms with Crippen molar-refractivity contribution in [2.24, 2.45) is 5.73 Å². The number of fused-ring (bicyclic) bond motifs is 3. The molecule has 1 aliphatic heterocycles. The number of nitrogens with two attached hydrogens (primary N) is 1. The third-order valence-corrected chi connectivity index (χ3v) is 5.48. The van der Waals surface area contributed by atoms with Gasteiger partial charge in [-0.25, -0.2) is 18.2 Å². The first-order valence-corrected chi connectivity index (χ1v) is 8.76. The predicted molar refractivity (Wildman–Crippen MR) is 90.2 cm³/mol. The van der Waals surface area contributed by atoms with Gasteiger partial charge in [0.1, 0.15) is 17.2 Å². The van der Waals surface area contributed by atoms with Crippen LogP contribution in [0.25, 0.3) is 11.0 Å². The first-order valence-electron chi connectivity index (χ1n) is 8.76. The fourth-order valence-electron chi connectivity index (χ4n) is 3.90. The summed E-state index contributed by atoms with van der Waals surface area (Å²) in [6.45, 7) is 0.447. The normalized spacial score (nSPS) is 22.6. The van der Waals surface area contributed by atoms with Crippen LogP contribution in [0.2, 0.25) is 0 Å². The van der Waals surface area contributed by atoms with Gasteiger partial charge in [0.2, 0.25) is 0 Å². The van der Waals surface area contributed by atoms with Gasteiger partial charge in [0.15, 0.2) is 11.6 Å². The highest BCUT2D eigenvalue weighted by molar-refractivity contribution is 5.76. The molecular weight excluding hydrogens is 341 g/mol. The molecule has 0 spiro atoms. The van der Waals surface area contributed by atoms with Crippen LogP contribution >= 0.6 is 0 Å². The molecule has 2 aliphatic rings. The summed E-state index contributed by atoms with van der Waals surface area (Å²) in [5.41, 5.74) is 9.23. The van der Waals surface area contributed by atoms with Crippen LogP contribution in [-0.2, 0) is 13.0 Å². The van der Waals surface area contributed by atoms with E-state index in [0.29, 0.717) is 24.9 Å². The molecule has 26 heavy (non-hydrogen) atoms. The second kappa shape index (κ2) is 5.54. The van der Waals surface area contributed by atoms with Crippen molar-refractivity contribution < 1.29 is 13.2 Å². The van der Waals surface area contributed by atoms with Crippen molar-refractivity contribution in [3.8, 4) is 0 Å². The lowest BCUT2D eigenvalue weighted by molar-refractivity contribution is 0.391. The number of benzene rings is 1. The molecule has 0 bridgehead atoms. The number of hydrogen-bond acceptors (Lipinski definition) is 3. The molecule has 1 aromatic carbocycles. The Morgan fingerprint density at radius 1 is 1.04 bits per heavy atom. The van der Waals surface area contributed by atoms with Gasteiger partial charge in [0.25, 0.3) is 0 Å². The number of rotatable bonds is 2. The summed E-state index contributed by atoms with van der Waals surface area (Å²) >= 11 is 0. The summed E-state index contributed by atoms with van der Waals surface area (Å²) in [6, 6.07) is 3.15. The Labute approximate surface area is 147 Å². The van der Waals surface area contributed by atoms with Crippen molar-refractivity contribution in [2.75, 3.05) is 0 Å². The minimum absolute atomic E-state index is 0.103. The van der Waals surface area contributed by atoms with Crippen LogP contribution in [0.15, 0.2) is 24.4 Å². The van der Waals surface area contributed by atoms with E-state index in [4.69, 9.17) is 5.73 Å². The van der Waals surface area contributed by atoms with Gasteiger partial charge < -0.3 is 10.3 Å². The van der Waals surface area contributed by atoms with Gasteiger partial charge in [-0.15, -0.1) is 0 Å². The van der Waals surface area contributed by atoms with Crippen molar-refractivity contribution in [3.05, 3.63) is 58.9 Å². The Kier molecular flexibility index (Phi) is 3.37. The van der Waals surface area contributed by atoms with Crippen molar-refractivity contribution >= 4 is 11.0 Å². The van der Waals surface area contributed by atoms with Gasteiger partial charge in [-0.2, -0.15) is 0 Å². The number of pyridine rings is 1. The standard InChI is InChI=1S/C19H17F3N4/c20-12-5-14(22)13(21)3-10(12)11-4-19-25-17-7-24-16(9-1-2-9)6-18(17)26(19)8-15(11)23/h3,5-7,9,11,15H,1-2,4,8,23H2/t11-,15+/m1/s1. The van der Waals surface area contributed by atoms with Crippen molar-refractivity contribution in [2.45, 2.75) is 43.7 Å². The molecule has 1 saturated carbocycles. The lowest BCUT2D eigenvalue weighted by Crippen LogP contribution is -2.39. The Morgan fingerprint density at radius 2 is 1.81 bits per heavy atom. The Bertz CT molecular complexity index is 1030. The second-order valence-corrected chi connectivity index (χ2v) is 7.27. The third kappa shape index (κ3) is 2.41. The number of halogens is 3. The summed E-state index contributed by atoms with van der Waals surface area (Å²) in [5.74, 6) is -2.18. The molecule has 2 aromatic heterocycles. The van der Waals surface area contributed by atoms with Crippen molar-refractivity contribution in [3.63, 3.8) is 0 Å². The molecule has 0 amide bonds. The lowest BCUT2D eigenvalue weighted by Gasteiger charge is -2.30. The molecule has 0 radical (unpaired) electrons. The fraction of sp³-hybridized carbons (Fsp3) is 0.368. The van der Waals surface area contributed by atoms with Gasteiger partial charge in [-0.3, -0.25) is 4.98 Å². The molecular formula is C19H17F3N4. The maximum Gasteiger partial charge on any atom is 0.161 e. The van der Waals surface area contributed by atoms with E-state index in [1.165, 1.54) is 0 Å². The van der Waals surface area contributed by atoms with E-state index in [1.54, 1.807) is 6.20 Å². The zero-order valence-electron chi connectivity index (χ0n) is 13.9. The molecule has 0 unspecified atom stereocenters. The summed E-state index contributed by atoms with van der Waals surface area (Å²) in [5, 5.41) is 0. The van der Waals surface area contributed by atoms with Gasteiger partial charge in [-0.05, 0) is 30.5 Å². The molecule has 134 valence electrons. The van der Waals surface area contributed by atoms with Crippen LogP contribution in [-0.4, -0.2) is 20.6 Å². The van der Waals surface area contributed by atoms with Gasteiger partial charge in [0, 0.05) is 42.6 Å². The summed E-state index contributed by atoms with van der Waals surface area (Å²) < 4.78 is 43.1. The molecule has 1 fully saturated rings. The Balaban J connectivity index is 1.56. The molecule has 3 heterocycles. The number of hydrogen-bond donors (Lipinski definition) is 1. The predicted octanol–water partition coefficient (Wildman–Crippen LogP) is 3.39. The number of imidazole rings is 1. The summed E-state index contributed by atoms with van der Waals surface area (Å²) in [4.78, 5) is 9.09. The van der Waals surface area contributed by atoms with Gasteiger partial charge in [0.05, 0.1) is 11.7 Å². The molecule has 1 aliphatic carbocycles. The van der Waals surface area contributed by atoms with E-state index in [-0.39, 0.29) is 5.56 Å². The van der Waals surface area contributed by atoms with Crippen LogP contribution in [0.1, 0.15) is 41.8 Å². The van der Waals surface area contributed by atoms with Crippen LogP contribution in [0.3, 0.4) is 0 Å². The molecule has 2 atom stereocenters. The largest absolute Gasteiger partial charge is 0.326 e. The third-order valence-electron chi connectivity index (χ3n) is 5.48. The Morgan fingerprint density at radius 3 is 2.58 bits per heavy atom. The van der Waals surface area contributed by atoms with E-state index < -0.39 is 29.4 Å². The Hall–Kier alpha value is -2.41. The van der Waals surface area contributed by atoms with E-state index in [0.717, 1.165) is 41.5 Å². The van der Waals surface area contributed by atoms with Crippen LogP contribution in [0, 0.1) is 17.5 Å². The molecule has 4 nitrogen and oxygen atoms in total. The molecule has 5 rings (SSSR count). The smallest absolute Gasteiger partial charge is 0.161 e. The zero-order chi connectivity index (χ0) is 18.0. The van der Waals surface area contributed by atoms with E-state index in [2.05, 4.69) is 16.0 Å². The first kappa shape index (κ1) is 15.8. The lowest BCUT2D eigenvalue weighted by atomic mass is 9.86. The van der Waals surface area contributed by atoms with E-state index >= 15 is 0 Å².